The summed E-state index contributed by atoms with van der Waals surface area (Å²) in [4.78, 5) is 27.9. The van der Waals surface area contributed by atoms with Crippen LogP contribution in [0.2, 0.25) is 0 Å². The summed E-state index contributed by atoms with van der Waals surface area (Å²) < 4.78 is 52.4. The number of hydrogen-bond acceptors (Lipinski definition) is 10. The van der Waals surface area contributed by atoms with E-state index < -0.39 is 42.3 Å². The lowest BCUT2D eigenvalue weighted by Crippen LogP contribution is -2.51. The topological polar surface area (TPSA) is 198 Å². The van der Waals surface area contributed by atoms with Gasteiger partial charge in [0.25, 0.3) is 15.7 Å². The van der Waals surface area contributed by atoms with Crippen LogP contribution < -0.4 is 5.73 Å². The Kier molecular flexibility index (Phi) is 7.09. The second-order valence-corrected chi connectivity index (χ2v) is 13.3. The van der Waals surface area contributed by atoms with Crippen LogP contribution in [0.25, 0.3) is 0 Å². The number of aromatic nitrogens is 1. The Bertz CT molecular complexity index is 1600. The molecule has 1 saturated heterocycles. The van der Waals surface area contributed by atoms with Crippen molar-refractivity contribution in [2.75, 3.05) is 19.6 Å². The summed E-state index contributed by atoms with van der Waals surface area (Å²) in [5.74, 6) is -0.534. The van der Waals surface area contributed by atoms with Crippen molar-refractivity contribution in [3.8, 4) is 0 Å². The second kappa shape index (κ2) is 9.97. The van der Waals surface area contributed by atoms with Gasteiger partial charge in [-0.3, -0.25) is 20.3 Å². The number of nitrogens with one attached hydrogen (secondary N) is 1. The number of hydrogen-bond donors (Lipinski definition) is 2. The Hall–Kier alpha value is -3.73. The number of nitrogens with two attached hydrogens (primary N) is 1. The molecule has 13 nitrogen and oxygen atoms in total. The number of pyridine rings is 1. The number of sulfone groups is 1. The molecular weight excluding hydrogens is 544 g/mol. The number of amidine groups is 1. The highest BCUT2D eigenvalue weighted by Crippen LogP contribution is 2.32. The molecule has 4 rings (SSSR count). The fourth-order valence-electron chi connectivity index (χ4n) is 3.57. The lowest BCUT2D eigenvalue weighted by molar-refractivity contribution is -0.385. The highest BCUT2D eigenvalue weighted by molar-refractivity contribution is 7.95. The summed E-state index contributed by atoms with van der Waals surface area (Å²) in [7, 11) is -8.38. The van der Waals surface area contributed by atoms with Gasteiger partial charge in [-0.2, -0.15) is 4.31 Å². The van der Waals surface area contributed by atoms with E-state index in [2.05, 4.69) is 4.98 Å². The molecule has 0 bridgehead atoms. The number of nitrogens with zero attached hydrogens (tertiary/aromatic N) is 4. The van der Waals surface area contributed by atoms with Crippen molar-refractivity contribution in [1.82, 2.24) is 14.2 Å². The molecule has 0 radical (unpaired) electrons. The van der Waals surface area contributed by atoms with Crippen LogP contribution in [0.5, 0.6) is 0 Å². The van der Waals surface area contributed by atoms with Crippen LogP contribution >= 0.6 is 11.3 Å². The quantitative estimate of drug-likeness (QED) is 0.175. The minimum absolute atomic E-state index is 0.00433. The number of thiophene rings is 1. The molecule has 0 saturated carbocycles. The molecular formula is C21H20N6O7S3. The number of sulfonamides is 1. The predicted octanol–water partition coefficient (Wildman–Crippen LogP) is 1.20. The zero-order valence-corrected chi connectivity index (χ0v) is 21.4. The number of benzene rings is 1. The molecule has 0 spiro atoms. The maximum atomic E-state index is 13.2. The molecule has 1 aliphatic heterocycles. The van der Waals surface area contributed by atoms with Gasteiger partial charge in [0.2, 0.25) is 15.7 Å². The van der Waals surface area contributed by atoms with Crippen LogP contribution in [0.15, 0.2) is 68.2 Å². The standard InChI is InChI=1S/C21H20N6O7S3/c22-21(23)15-3-1-2-14(10-15)12-25-8-9-26(13-18(25)28)37(33,34)20-7-6-19(35-20)36(31,32)17-5-4-16(11-24-17)27(29)30/h1-7,10-11H,8-9,12-13H2,(H3,22,23). The van der Waals surface area contributed by atoms with Crippen molar-refractivity contribution in [2.24, 2.45) is 5.73 Å². The van der Waals surface area contributed by atoms with Crippen molar-refractivity contribution < 1.29 is 26.6 Å². The summed E-state index contributed by atoms with van der Waals surface area (Å²) in [6, 6.07) is 11.1. The highest BCUT2D eigenvalue weighted by atomic mass is 32.3. The summed E-state index contributed by atoms with van der Waals surface area (Å²) in [6.45, 7) is -0.0773. The molecule has 3 N–H and O–H groups in total. The lowest BCUT2D eigenvalue weighted by atomic mass is 10.1. The molecule has 1 fully saturated rings. The van der Waals surface area contributed by atoms with E-state index in [1.165, 1.54) is 4.90 Å². The van der Waals surface area contributed by atoms with Crippen molar-refractivity contribution in [2.45, 2.75) is 20.0 Å². The van der Waals surface area contributed by atoms with Crippen LogP contribution in [-0.4, -0.2) is 67.3 Å². The second-order valence-electron chi connectivity index (χ2n) is 7.96. The summed E-state index contributed by atoms with van der Waals surface area (Å²) in [5.41, 5.74) is 6.38. The average molecular weight is 565 g/mol. The number of amides is 1. The SMILES string of the molecule is N=C(N)c1cccc(CN2CCN(S(=O)(=O)c3ccc(S(=O)(=O)c4ccc([N+](=O)[O-])cn4)s3)CC2=O)c1. The van der Waals surface area contributed by atoms with E-state index in [0.717, 1.165) is 40.3 Å². The van der Waals surface area contributed by atoms with Gasteiger partial charge >= 0.3 is 0 Å². The molecule has 1 aliphatic rings. The van der Waals surface area contributed by atoms with Gasteiger partial charge < -0.3 is 10.6 Å². The molecule has 3 aromatic rings. The molecule has 37 heavy (non-hydrogen) atoms. The number of carbonyl (C=O) groups is 1. The van der Waals surface area contributed by atoms with Crippen molar-refractivity contribution in [3.05, 3.63) is 76.0 Å². The maximum absolute atomic E-state index is 13.2. The monoisotopic (exact) mass is 564 g/mol. The van der Waals surface area contributed by atoms with Crippen LogP contribution in [0.4, 0.5) is 5.69 Å². The number of nitrogen functional groups attached to an aromatic ring is 1. The van der Waals surface area contributed by atoms with E-state index in [-0.39, 0.29) is 39.6 Å². The van der Waals surface area contributed by atoms with E-state index in [1.54, 1.807) is 24.3 Å². The largest absolute Gasteiger partial charge is 0.384 e. The Morgan fingerprint density at radius 2 is 1.84 bits per heavy atom. The summed E-state index contributed by atoms with van der Waals surface area (Å²) >= 11 is 0.506. The van der Waals surface area contributed by atoms with Gasteiger partial charge in [-0.25, -0.2) is 21.8 Å². The first-order valence-electron chi connectivity index (χ1n) is 10.6. The fraction of sp³-hybridized carbons (Fsp3) is 0.190. The predicted molar refractivity (Wildman–Crippen MR) is 132 cm³/mol. The van der Waals surface area contributed by atoms with Crippen molar-refractivity contribution in [1.29, 1.82) is 5.41 Å². The molecule has 2 aromatic heterocycles. The van der Waals surface area contributed by atoms with E-state index in [1.807, 2.05) is 0 Å². The van der Waals surface area contributed by atoms with Crippen LogP contribution in [0.1, 0.15) is 11.1 Å². The van der Waals surface area contributed by atoms with Crippen LogP contribution in [0.3, 0.4) is 0 Å². The van der Waals surface area contributed by atoms with Gasteiger partial charge in [-0.1, -0.05) is 18.2 Å². The number of carbonyl (C=O) groups excluding carboxylic acids is 1. The van der Waals surface area contributed by atoms with E-state index in [4.69, 9.17) is 11.1 Å². The molecule has 0 atom stereocenters. The normalized spacial score (nSPS) is 15.0. The number of rotatable bonds is 8. The third kappa shape index (κ3) is 5.36. The summed E-state index contributed by atoms with van der Waals surface area (Å²) in [5, 5.41) is 17.9. The smallest absolute Gasteiger partial charge is 0.287 e. The number of piperazine rings is 1. The molecule has 0 unspecified atom stereocenters. The number of nitro groups is 1. The first-order chi connectivity index (χ1) is 17.4. The van der Waals surface area contributed by atoms with Crippen LogP contribution in [0, 0.1) is 15.5 Å². The minimum atomic E-state index is -4.21. The van der Waals surface area contributed by atoms with Crippen molar-refractivity contribution >= 4 is 48.6 Å². The van der Waals surface area contributed by atoms with Gasteiger partial charge in [0, 0.05) is 31.3 Å². The fourth-order valence-corrected chi connectivity index (χ4v) is 8.16. The first kappa shape index (κ1) is 26.3. The lowest BCUT2D eigenvalue weighted by Gasteiger charge is -2.33. The highest BCUT2D eigenvalue weighted by Gasteiger charge is 2.35. The average Bonchev–Trinajstić information content (AvgIpc) is 3.38. The third-order valence-electron chi connectivity index (χ3n) is 5.52. The van der Waals surface area contributed by atoms with E-state index in [0.29, 0.717) is 16.9 Å². The summed E-state index contributed by atoms with van der Waals surface area (Å²) in [6.07, 6.45) is 0.805. The van der Waals surface area contributed by atoms with Gasteiger partial charge in [0.15, 0.2) is 5.03 Å². The minimum Gasteiger partial charge on any atom is -0.384 e. The van der Waals surface area contributed by atoms with E-state index >= 15 is 0 Å². The van der Waals surface area contributed by atoms with Gasteiger partial charge in [0.1, 0.15) is 20.5 Å². The Morgan fingerprint density at radius 3 is 2.46 bits per heavy atom. The molecule has 0 aliphatic carbocycles. The zero-order valence-electron chi connectivity index (χ0n) is 19.0. The molecule has 194 valence electrons. The Morgan fingerprint density at radius 1 is 1.11 bits per heavy atom. The third-order valence-corrected chi connectivity index (χ3v) is 11.1. The molecule has 1 aromatic carbocycles. The molecule has 1 amide bonds. The van der Waals surface area contributed by atoms with Gasteiger partial charge in [-0.05, 0) is 29.8 Å². The van der Waals surface area contributed by atoms with E-state index in [9.17, 15) is 31.7 Å². The van der Waals surface area contributed by atoms with Gasteiger partial charge in [0.05, 0.1) is 11.5 Å². The van der Waals surface area contributed by atoms with Gasteiger partial charge in [-0.15, -0.1) is 11.3 Å². The van der Waals surface area contributed by atoms with Crippen LogP contribution in [-0.2, 0) is 31.2 Å². The maximum Gasteiger partial charge on any atom is 0.287 e. The Labute approximate surface area is 215 Å². The first-order valence-corrected chi connectivity index (χ1v) is 14.3. The molecule has 3 heterocycles. The van der Waals surface area contributed by atoms with Crippen molar-refractivity contribution in [3.63, 3.8) is 0 Å². The Balaban J connectivity index is 1.48. The zero-order chi connectivity index (χ0) is 27.0. The molecule has 16 heteroatoms.